The summed E-state index contributed by atoms with van der Waals surface area (Å²) in [5.41, 5.74) is 3.90. The van der Waals surface area contributed by atoms with E-state index in [1.165, 1.54) is 30.4 Å². The second kappa shape index (κ2) is 10.8. The van der Waals surface area contributed by atoms with Gasteiger partial charge in [0.2, 0.25) is 0 Å². The van der Waals surface area contributed by atoms with Crippen LogP contribution in [0.25, 0.3) is 5.57 Å². The molecule has 0 aliphatic heterocycles. The summed E-state index contributed by atoms with van der Waals surface area (Å²) in [6.45, 7) is 9.43. The molecule has 0 bridgehead atoms. The van der Waals surface area contributed by atoms with Crippen molar-refractivity contribution in [2.75, 3.05) is 6.61 Å². The third-order valence-electron chi connectivity index (χ3n) is 8.76. The molecule has 4 nitrogen and oxygen atoms in total. The molecule has 2 aliphatic carbocycles. The molecule has 1 saturated carbocycles. The minimum atomic E-state index is -0.543. The summed E-state index contributed by atoms with van der Waals surface area (Å²) in [4.78, 5) is 0. The molecule has 0 amide bonds. The average Bonchev–Trinajstić information content (AvgIpc) is 3.18. The highest BCUT2D eigenvalue weighted by Crippen LogP contribution is 2.59. The Hall–Kier alpha value is -1.20. The second-order valence-electron chi connectivity index (χ2n) is 10.4. The molecule has 0 radical (unpaired) electrons. The van der Waals surface area contributed by atoms with E-state index in [9.17, 15) is 15.3 Å². The highest BCUT2D eigenvalue weighted by molar-refractivity contribution is 5.70. The van der Waals surface area contributed by atoms with E-state index in [1.54, 1.807) is 0 Å². The van der Waals surface area contributed by atoms with Gasteiger partial charge in [0.25, 0.3) is 0 Å². The summed E-state index contributed by atoms with van der Waals surface area (Å²) >= 11 is 0. The summed E-state index contributed by atoms with van der Waals surface area (Å²) in [6, 6.07) is 6.14. The first-order chi connectivity index (χ1) is 15.3. The highest BCUT2D eigenvalue weighted by Gasteiger charge is 2.51. The number of hydrogen-bond acceptors (Lipinski definition) is 4. The van der Waals surface area contributed by atoms with Crippen LogP contribution < -0.4 is 0 Å². The standard InChI is InChI=1S/C28H44O4/c1-5-28(31,6-2)15-8-16-32-20(3)25-12-13-26-24(9-7-14-27(25,26)4)21-10-11-22(18-29)23(17-21)19-30/h9-11,17,20,25-26,29-31H,5-8,12-16,18-19H2,1-4H3/t20-,25+,26-,27+/m0/s1. The van der Waals surface area contributed by atoms with Gasteiger partial charge < -0.3 is 20.1 Å². The predicted octanol–water partition coefficient (Wildman–Crippen LogP) is 5.62. The van der Waals surface area contributed by atoms with Crippen molar-refractivity contribution in [1.29, 1.82) is 0 Å². The van der Waals surface area contributed by atoms with E-state index in [-0.39, 0.29) is 24.7 Å². The quantitative estimate of drug-likeness (QED) is 0.388. The van der Waals surface area contributed by atoms with E-state index in [1.807, 2.05) is 6.07 Å². The van der Waals surface area contributed by atoms with Crippen LogP contribution in [0.15, 0.2) is 24.3 Å². The number of aliphatic hydroxyl groups excluding tert-OH is 2. The number of hydrogen-bond donors (Lipinski definition) is 3. The monoisotopic (exact) mass is 444 g/mol. The third-order valence-corrected chi connectivity index (χ3v) is 8.76. The van der Waals surface area contributed by atoms with E-state index in [2.05, 4.69) is 45.9 Å². The minimum Gasteiger partial charge on any atom is -0.392 e. The summed E-state index contributed by atoms with van der Waals surface area (Å²) < 4.78 is 6.34. The first-order valence-electron chi connectivity index (χ1n) is 12.7. The summed E-state index contributed by atoms with van der Waals surface area (Å²) in [5, 5.41) is 29.8. The molecule has 32 heavy (non-hydrogen) atoms. The van der Waals surface area contributed by atoms with Crippen molar-refractivity contribution in [3.8, 4) is 0 Å². The Morgan fingerprint density at radius 1 is 1.12 bits per heavy atom. The Morgan fingerprint density at radius 2 is 1.84 bits per heavy atom. The van der Waals surface area contributed by atoms with Crippen molar-refractivity contribution in [3.05, 3.63) is 41.0 Å². The minimum absolute atomic E-state index is 0.0405. The van der Waals surface area contributed by atoms with Gasteiger partial charge >= 0.3 is 0 Å². The van der Waals surface area contributed by atoms with Gasteiger partial charge in [-0.2, -0.15) is 0 Å². The molecular formula is C28H44O4. The fraction of sp³-hybridized carbons (Fsp3) is 0.714. The summed E-state index contributed by atoms with van der Waals surface area (Å²) in [5.74, 6) is 1.03. The first kappa shape index (κ1) is 25.4. The Balaban J connectivity index is 1.67. The highest BCUT2D eigenvalue weighted by atomic mass is 16.5. The molecule has 1 aromatic rings. The van der Waals surface area contributed by atoms with Gasteiger partial charge in [-0.1, -0.05) is 39.0 Å². The predicted molar refractivity (Wildman–Crippen MR) is 130 cm³/mol. The van der Waals surface area contributed by atoms with E-state index >= 15 is 0 Å². The zero-order valence-electron chi connectivity index (χ0n) is 20.6. The number of aliphatic hydroxyl groups is 3. The molecule has 4 heteroatoms. The van der Waals surface area contributed by atoms with Crippen LogP contribution in [0.5, 0.6) is 0 Å². The van der Waals surface area contributed by atoms with Gasteiger partial charge in [0.05, 0.1) is 24.9 Å². The van der Waals surface area contributed by atoms with Crippen LogP contribution in [0.2, 0.25) is 0 Å². The van der Waals surface area contributed by atoms with Crippen LogP contribution >= 0.6 is 0 Å². The molecule has 2 aliphatic rings. The lowest BCUT2D eigenvalue weighted by Crippen LogP contribution is -2.38. The molecular weight excluding hydrogens is 400 g/mol. The van der Waals surface area contributed by atoms with Crippen molar-refractivity contribution < 1.29 is 20.1 Å². The van der Waals surface area contributed by atoms with Crippen LogP contribution in [0.3, 0.4) is 0 Å². The molecule has 3 N–H and O–H groups in total. The average molecular weight is 445 g/mol. The number of benzene rings is 1. The Morgan fingerprint density at radius 3 is 2.50 bits per heavy atom. The van der Waals surface area contributed by atoms with Crippen LogP contribution in [0.4, 0.5) is 0 Å². The van der Waals surface area contributed by atoms with Gasteiger partial charge in [0.15, 0.2) is 0 Å². The number of rotatable bonds is 11. The number of fused-ring (bicyclic) bond motifs is 1. The fourth-order valence-electron chi connectivity index (χ4n) is 6.40. The van der Waals surface area contributed by atoms with E-state index in [0.717, 1.165) is 43.2 Å². The van der Waals surface area contributed by atoms with Gasteiger partial charge in [-0.05, 0) is 104 Å². The molecule has 1 aromatic carbocycles. The normalized spacial score (nSPS) is 26.7. The molecule has 0 unspecified atom stereocenters. The molecule has 3 rings (SSSR count). The molecule has 0 saturated heterocycles. The number of ether oxygens (including phenoxy) is 1. The maximum absolute atomic E-state index is 10.5. The topological polar surface area (TPSA) is 69.9 Å². The van der Waals surface area contributed by atoms with Gasteiger partial charge in [0.1, 0.15) is 0 Å². The first-order valence-corrected chi connectivity index (χ1v) is 12.7. The molecule has 0 aromatic heterocycles. The van der Waals surface area contributed by atoms with Crippen LogP contribution in [0, 0.1) is 17.3 Å². The van der Waals surface area contributed by atoms with Gasteiger partial charge in [-0.25, -0.2) is 0 Å². The van der Waals surface area contributed by atoms with Crippen molar-refractivity contribution >= 4 is 5.57 Å². The summed E-state index contributed by atoms with van der Waals surface area (Å²) in [7, 11) is 0. The van der Waals surface area contributed by atoms with Crippen molar-refractivity contribution in [1.82, 2.24) is 0 Å². The van der Waals surface area contributed by atoms with Gasteiger partial charge in [0, 0.05) is 6.61 Å². The lowest BCUT2D eigenvalue weighted by atomic mass is 9.63. The zero-order valence-corrected chi connectivity index (χ0v) is 20.6. The van der Waals surface area contributed by atoms with E-state index < -0.39 is 5.60 Å². The lowest BCUT2D eigenvalue weighted by molar-refractivity contribution is -0.0329. The Bertz CT molecular complexity index is 782. The van der Waals surface area contributed by atoms with Crippen molar-refractivity contribution in [2.45, 2.75) is 104 Å². The van der Waals surface area contributed by atoms with E-state index in [0.29, 0.717) is 18.4 Å². The molecule has 4 atom stereocenters. The maximum Gasteiger partial charge on any atom is 0.0685 e. The third kappa shape index (κ3) is 5.14. The van der Waals surface area contributed by atoms with Gasteiger partial charge in [-0.3, -0.25) is 0 Å². The maximum atomic E-state index is 10.5. The smallest absolute Gasteiger partial charge is 0.0685 e. The van der Waals surface area contributed by atoms with Crippen LogP contribution in [-0.4, -0.2) is 33.6 Å². The van der Waals surface area contributed by atoms with Crippen LogP contribution in [0.1, 0.15) is 95.8 Å². The molecule has 0 heterocycles. The van der Waals surface area contributed by atoms with Crippen molar-refractivity contribution in [2.24, 2.45) is 17.3 Å². The fourth-order valence-corrected chi connectivity index (χ4v) is 6.40. The SMILES string of the molecule is CCC(O)(CC)CCCO[C@@H](C)[C@H]1CC[C@H]2C(c3ccc(CO)c(CO)c3)=CCC[C@]12C. The summed E-state index contributed by atoms with van der Waals surface area (Å²) in [6.07, 6.45) is 10.5. The zero-order chi connectivity index (χ0) is 23.4. The Labute approximate surface area is 194 Å². The molecule has 0 spiro atoms. The van der Waals surface area contributed by atoms with Crippen LogP contribution in [-0.2, 0) is 18.0 Å². The largest absolute Gasteiger partial charge is 0.392 e. The van der Waals surface area contributed by atoms with Crippen molar-refractivity contribution in [3.63, 3.8) is 0 Å². The lowest BCUT2D eigenvalue weighted by Gasteiger charge is -2.43. The second-order valence-corrected chi connectivity index (χ2v) is 10.4. The van der Waals surface area contributed by atoms with E-state index in [4.69, 9.17) is 4.74 Å². The molecule has 180 valence electrons. The molecule has 1 fully saturated rings. The number of allylic oxidation sites excluding steroid dienone is 2. The van der Waals surface area contributed by atoms with Gasteiger partial charge in [-0.15, -0.1) is 0 Å². The Kier molecular flexibility index (Phi) is 8.59.